The summed E-state index contributed by atoms with van der Waals surface area (Å²) in [5.41, 5.74) is 2.51. The molecule has 2 aromatic heterocycles. The van der Waals surface area contributed by atoms with Gasteiger partial charge in [0.2, 0.25) is 5.82 Å². The molecule has 0 fully saturated rings. The maximum absolute atomic E-state index is 12.9. The van der Waals surface area contributed by atoms with Gasteiger partial charge in [-0.15, -0.1) is 0 Å². The lowest BCUT2D eigenvalue weighted by Gasteiger charge is -2.13. The van der Waals surface area contributed by atoms with Gasteiger partial charge in [0, 0.05) is 18.8 Å². The Kier molecular flexibility index (Phi) is 5.73. The van der Waals surface area contributed by atoms with Crippen LogP contribution >= 0.6 is 0 Å². The van der Waals surface area contributed by atoms with E-state index in [1.807, 2.05) is 24.3 Å². The first-order valence-electron chi connectivity index (χ1n) is 9.37. The van der Waals surface area contributed by atoms with E-state index in [4.69, 9.17) is 10.00 Å². The molecule has 0 bridgehead atoms. The number of hydrogen-bond donors (Lipinski definition) is 1. The van der Waals surface area contributed by atoms with Gasteiger partial charge in [0.15, 0.2) is 0 Å². The summed E-state index contributed by atoms with van der Waals surface area (Å²) in [4.78, 5) is 12.8. The number of anilines is 1. The monoisotopic (exact) mass is 431 g/mol. The van der Waals surface area contributed by atoms with Gasteiger partial charge >= 0.3 is 0 Å². The van der Waals surface area contributed by atoms with Crippen molar-refractivity contribution in [3.05, 3.63) is 84.2 Å². The van der Waals surface area contributed by atoms with Crippen LogP contribution in [0.4, 0.5) is 5.82 Å². The number of pyridine rings is 1. The normalized spacial score (nSPS) is 11.1. The second kappa shape index (κ2) is 8.77. The molecule has 2 heterocycles. The number of hydrogen-bond acceptors (Lipinski definition) is 7. The molecule has 0 aliphatic rings. The molecule has 2 aromatic carbocycles. The Morgan fingerprint density at radius 3 is 2.29 bits per heavy atom. The average molecular weight is 431 g/mol. The van der Waals surface area contributed by atoms with Crippen LogP contribution in [0.3, 0.4) is 0 Å². The molecule has 4 rings (SSSR count). The van der Waals surface area contributed by atoms with Gasteiger partial charge in [-0.2, -0.15) is 5.26 Å². The Bertz CT molecular complexity index is 1350. The van der Waals surface area contributed by atoms with Crippen molar-refractivity contribution in [1.29, 1.82) is 5.26 Å². The van der Waals surface area contributed by atoms with Gasteiger partial charge in [-0.05, 0) is 54.1 Å². The highest BCUT2D eigenvalue weighted by Gasteiger charge is 2.20. The van der Waals surface area contributed by atoms with Crippen LogP contribution in [-0.2, 0) is 16.4 Å². The summed E-state index contributed by atoms with van der Waals surface area (Å²) in [5.74, 6) is 0.0859. The Balaban J connectivity index is 1.63. The molecule has 9 heteroatoms. The molecule has 1 N–H and O–H groups in total. The zero-order chi connectivity index (χ0) is 21.7. The third-order valence-corrected chi connectivity index (χ3v) is 5.80. The molecule has 0 radical (unpaired) electrons. The molecule has 0 aliphatic carbocycles. The van der Waals surface area contributed by atoms with Gasteiger partial charge in [-0.1, -0.05) is 12.1 Å². The predicted octanol–water partition coefficient (Wildman–Crippen LogP) is 3.32. The van der Waals surface area contributed by atoms with Gasteiger partial charge in [0.25, 0.3) is 15.9 Å². The molecule has 0 amide bonds. The highest BCUT2D eigenvalue weighted by atomic mass is 32.2. The minimum atomic E-state index is -3.96. The van der Waals surface area contributed by atoms with Crippen LogP contribution in [0.25, 0.3) is 11.0 Å². The summed E-state index contributed by atoms with van der Waals surface area (Å²) < 4.78 is 34.0. The molecule has 0 aliphatic heterocycles. The highest BCUT2D eigenvalue weighted by Crippen LogP contribution is 2.26. The second-order valence-electron chi connectivity index (χ2n) is 6.56. The van der Waals surface area contributed by atoms with Gasteiger partial charge in [-0.25, -0.2) is 18.4 Å². The van der Waals surface area contributed by atoms with E-state index in [2.05, 4.69) is 19.7 Å². The fraction of sp³-hybridized carbons (Fsp3) is 0.0909. The van der Waals surface area contributed by atoms with Gasteiger partial charge in [0.1, 0.15) is 0 Å². The number of fused-ring (bicyclic) bond motifs is 1. The zero-order valence-electron chi connectivity index (χ0n) is 16.3. The quantitative estimate of drug-likeness (QED) is 0.477. The zero-order valence-corrected chi connectivity index (χ0v) is 17.1. The number of nitriles is 1. The van der Waals surface area contributed by atoms with E-state index in [0.717, 1.165) is 5.56 Å². The van der Waals surface area contributed by atoms with E-state index < -0.39 is 10.0 Å². The highest BCUT2D eigenvalue weighted by molar-refractivity contribution is 7.92. The lowest BCUT2D eigenvalue weighted by atomic mass is 10.2. The van der Waals surface area contributed by atoms with Gasteiger partial charge < -0.3 is 4.74 Å². The smallest absolute Gasteiger partial charge is 0.263 e. The Morgan fingerprint density at radius 1 is 0.935 bits per heavy atom. The molecule has 0 unspecified atom stereocenters. The third-order valence-electron chi connectivity index (χ3n) is 4.44. The van der Waals surface area contributed by atoms with E-state index in [0.29, 0.717) is 23.0 Å². The number of nitrogens with zero attached hydrogens (tertiary/aromatic N) is 4. The molecular weight excluding hydrogens is 414 g/mol. The largest absolute Gasteiger partial charge is 0.475 e. The Hall–Kier alpha value is -4.03. The van der Waals surface area contributed by atoms with Crippen molar-refractivity contribution < 1.29 is 13.2 Å². The number of rotatable bonds is 7. The molecule has 0 atom stereocenters. The number of nitrogens with one attached hydrogen (secondary N) is 1. The maximum atomic E-state index is 12.9. The molecule has 0 saturated heterocycles. The fourth-order valence-electron chi connectivity index (χ4n) is 2.86. The van der Waals surface area contributed by atoms with Crippen LogP contribution in [0, 0.1) is 11.3 Å². The lowest BCUT2D eigenvalue weighted by molar-refractivity contribution is 0.311. The van der Waals surface area contributed by atoms with E-state index in [-0.39, 0.29) is 23.2 Å². The maximum Gasteiger partial charge on any atom is 0.263 e. The predicted molar refractivity (Wildman–Crippen MR) is 115 cm³/mol. The standard InChI is InChI=1S/C22H17N5O3S/c23-15-17-5-7-18(8-6-17)31(28,29)27-21-22(26-20-4-2-1-3-19(20)25-21)30-14-11-16-9-12-24-13-10-16/h1-10,12-13H,11,14H2,(H,25,27). The van der Waals surface area contributed by atoms with E-state index in [1.165, 1.54) is 24.3 Å². The fourth-order valence-corrected chi connectivity index (χ4v) is 3.86. The van der Waals surface area contributed by atoms with Crippen molar-refractivity contribution in [1.82, 2.24) is 15.0 Å². The summed E-state index contributed by atoms with van der Waals surface area (Å²) in [5, 5.41) is 8.91. The number of benzene rings is 2. The van der Waals surface area contributed by atoms with Gasteiger partial charge in [0.05, 0.1) is 34.2 Å². The molecule has 8 nitrogen and oxygen atoms in total. The first-order chi connectivity index (χ1) is 15.0. The van der Waals surface area contributed by atoms with Crippen molar-refractivity contribution in [2.75, 3.05) is 11.3 Å². The molecule has 31 heavy (non-hydrogen) atoms. The minimum absolute atomic E-state index is 0.00205. The molecular formula is C22H17N5O3S. The SMILES string of the molecule is N#Cc1ccc(S(=O)(=O)Nc2nc3ccccc3nc2OCCc2ccncc2)cc1. The summed E-state index contributed by atoms with van der Waals surface area (Å²) in [6.07, 6.45) is 3.99. The Labute approximate surface area is 179 Å². The van der Waals surface area contributed by atoms with Crippen LogP contribution in [0.5, 0.6) is 5.88 Å². The van der Waals surface area contributed by atoms with Gasteiger partial charge in [-0.3, -0.25) is 9.71 Å². The van der Waals surface area contributed by atoms with Crippen molar-refractivity contribution in [3.63, 3.8) is 0 Å². The van der Waals surface area contributed by atoms with Crippen LogP contribution < -0.4 is 9.46 Å². The van der Waals surface area contributed by atoms with Crippen LogP contribution in [0.2, 0.25) is 0 Å². The van der Waals surface area contributed by atoms with Crippen molar-refractivity contribution in [2.45, 2.75) is 11.3 Å². The molecule has 154 valence electrons. The summed E-state index contributed by atoms with van der Waals surface area (Å²) in [7, 11) is -3.96. The molecule has 0 spiro atoms. The Morgan fingerprint density at radius 2 is 1.61 bits per heavy atom. The second-order valence-corrected chi connectivity index (χ2v) is 8.24. The van der Waals surface area contributed by atoms with E-state index in [9.17, 15) is 8.42 Å². The number of aromatic nitrogens is 3. The van der Waals surface area contributed by atoms with Crippen LogP contribution in [0.15, 0.2) is 78.0 Å². The van der Waals surface area contributed by atoms with Crippen molar-refractivity contribution in [2.24, 2.45) is 0 Å². The van der Waals surface area contributed by atoms with E-state index >= 15 is 0 Å². The lowest BCUT2D eigenvalue weighted by Crippen LogP contribution is -2.16. The number of para-hydroxylation sites is 2. The summed E-state index contributed by atoms with van der Waals surface area (Å²) >= 11 is 0. The van der Waals surface area contributed by atoms with Crippen LogP contribution in [-0.4, -0.2) is 30.0 Å². The number of sulfonamides is 1. The van der Waals surface area contributed by atoms with Crippen molar-refractivity contribution in [3.8, 4) is 11.9 Å². The average Bonchev–Trinajstić information content (AvgIpc) is 2.80. The summed E-state index contributed by atoms with van der Waals surface area (Å²) in [6.45, 7) is 0.280. The molecule has 4 aromatic rings. The summed E-state index contributed by atoms with van der Waals surface area (Å²) in [6, 6.07) is 18.4. The topological polar surface area (TPSA) is 118 Å². The molecule has 0 saturated carbocycles. The first-order valence-corrected chi connectivity index (χ1v) is 10.8. The number of ether oxygens (including phenoxy) is 1. The first kappa shape index (κ1) is 20.3. The van der Waals surface area contributed by atoms with E-state index in [1.54, 1.807) is 30.6 Å². The third kappa shape index (κ3) is 4.76. The van der Waals surface area contributed by atoms with Crippen LogP contribution in [0.1, 0.15) is 11.1 Å². The van der Waals surface area contributed by atoms with Crippen molar-refractivity contribution >= 4 is 26.9 Å². The minimum Gasteiger partial charge on any atom is -0.475 e.